The van der Waals surface area contributed by atoms with E-state index in [4.69, 9.17) is 0 Å². The molecule has 0 aromatic rings. The van der Waals surface area contributed by atoms with Crippen molar-refractivity contribution in [1.82, 2.24) is 0 Å². The molecule has 0 bridgehead atoms. The van der Waals surface area contributed by atoms with Gasteiger partial charge in [0.15, 0.2) is 0 Å². The minimum atomic E-state index is -0.806. The Morgan fingerprint density at radius 1 is 1.67 bits per heavy atom. The molecular weight excluding hydrogens is 152 g/mol. The maximum absolute atomic E-state index is 9.89. The SMILES string of the molecule is CCC(C)(O)C1=CCCCC1O. The summed E-state index contributed by atoms with van der Waals surface area (Å²) in [6.07, 6.45) is 5.04. The maximum atomic E-state index is 9.89. The molecule has 2 atom stereocenters. The normalized spacial score (nSPS) is 29.3. The molecule has 70 valence electrons. The second-order valence-electron chi connectivity index (χ2n) is 3.73. The van der Waals surface area contributed by atoms with E-state index in [9.17, 15) is 10.2 Å². The molecule has 2 unspecified atom stereocenters. The van der Waals surface area contributed by atoms with Crippen LogP contribution in [0.1, 0.15) is 39.5 Å². The van der Waals surface area contributed by atoms with E-state index in [1.807, 2.05) is 13.0 Å². The molecule has 0 spiro atoms. The molecule has 2 nitrogen and oxygen atoms in total. The van der Waals surface area contributed by atoms with Gasteiger partial charge in [0.2, 0.25) is 0 Å². The summed E-state index contributed by atoms with van der Waals surface area (Å²) in [5.41, 5.74) is 0.0103. The molecule has 2 heteroatoms. The van der Waals surface area contributed by atoms with Gasteiger partial charge in [-0.15, -0.1) is 0 Å². The largest absolute Gasteiger partial charge is 0.389 e. The average Bonchev–Trinajstić information content (AvgIpc) is 2.05. The number of aliphatic hydroxyl groups is 2. The first-order valence-electron chi connectivity index (χ1n) is 4.69. The average molecular weight is 170 g/mol. The van der Waals surface area contributed by atoms with Gasteiger partial charge in [-0.3, -0.25) is 0 Å². The van der Waals surface area contributed by atoms with Crippen molar-refractivity contribution in [3.8, 4) is 0 Å². The van der Waals surface area contributed by atoms with Crippen molar-refractivity contribution >= 4 is 0 Å². The van der Waals surface area contributed by atoms with Crippen LogP contribution >= 0.6 is 0 Å². The van der Waals surface area contributed by atoms with Gasteiger partial charge in [-0.25, -0.2) is 0 Å². The fourth-order valence-corrected chi connectivity index (χ4v) is 1.64. The highest BCUT2D eigenvalue weighted by molar-refractivity contribution is 5.21. The maximum Gasteiger partial charge on any atom is 0.0850 e. The van der Waals surface area contributed by atoms with E-state index >= 15 is 0 Å². The number of hydrogen-bond acceptors (Lipinski definition) is 2. The zero-order chi connectivity index (χ0) is 9.19. The van der Waals surface area contributed by atoms with E-state index < -0.39 is 11.7 Å². The highest BCUT2D eigenvalue weighted by Crippen LogP contribution is 2.29. The van der Waals surface area contributed by atoms with E-state index in [1.165, 1.54) is 0 Å². The van der Waals surface area contributed by atoms with Crippen molar-refractivity contribution in [3.05, 3.63) is 11.6 Å². The van der Waals surface area contributed by atoms with Crippen LogP contribution in [-0.2, 0) is 0 Å². The fraction of sp³-hybridized carbons (Fsp3) is 0.800. The predicted molar refractivity (Wildman–Crippen MR) is 48.9 cm³/mol. The van der Waals surface area contributed by atoms with Gasteiger partial charge in [0.05, 0.1) is 11.7 Å². The van der Waals surface area contributed by atoms with Crippen LogP contribution in [0.2, 0.25) is 0 Å². The number of aliphatic hydroxyl groups excluding tert-OH is 1. The lowest BCUT2D eigenvalue weighted by molar-refractivity contribution is 0.0549. The van der Waals surface area contributed by atoms with Crippen LogP contribution in [0, 0.1) is 0 Å². The van der Waals surface area contributed by atoms with Gasteiger partial charge in [0, 0.05) is 0 Å². The Kier molecular flexibility index (Phi) is 2.91. The second-order valence-corrected chi connectivity index (χ2v) is 3.73. The van der Waals surface area contributed by atoms with E-state index in [2.05, 4.69) is 0 Å². The lowest BCUT2D eigenvalue weighted by atomic mass is 9.83. The zero-order valence-electron chi connectivity index (χ0n) is 7.88. The third-order valence-electron chi connectivity index (χ3n) is 2.72. The Hall–Kier alpha value is -0.340. The molecule has 0 radical (unpaired) electrons. The molecule has 1 aliphatic carbocycles. The van der Waals surface area contributed by atoms with E-state index in [1.54, 1.807) is 6.92 Å². The van der Waals surface area contributed by atoms with Crippen molar-refractivity contribution < 1.29 is 10.2 Å². The van der Waals surface area contributed by atoms with Crippen molar-refractivity contribution in [2.24, 2.45) is 0 Å². The van der Waals surface area contributed by atoms with Gasteiger partial charge in [0.1, 0.15) is 0 Å². The molecule has 0 fully saturated rings. The van der Waals surface area contributed by atoms with Gasteiger partial charge in [-0.05, 0) is 38.2 Å². The number of allylic oxidation sites excluding steroid dienone is 1. The molecule has 0 saturated heterocycles. The quantitative estimate of drug-likeness (QED) is 0.618. The van der Waals surface area contributed by atoms with Gasteiger partial charge >= 0.3 is 0 Å². The van der Waals surface area contributed by atoms with Gasteiger partial charge < -0.3 is 10.2 Å². The fourth-order valence-electron chi connectivity index (χ4n) is 1.64. The van der Waals surface area contributed by atoms with E-state index in [0.717, 1.165) is 24.8 Å². The molecule has 0 aromatic carbocycles. The summed E-state index contributed by atoms with van der Waals surface area (Å²) in [4.78, 5) is 0. The lowest BCUT2D eigenvalue weighted by Crippen LogP contribution is -2.34. The summed E-state index contributed by atoms with van der Waals surface area (Å²) in [6.45, 7) is 3.70. The summed E-state index contributed by atoms with van der Waals surface area (Å²) in [5.74, 6) is 0. The van der Waals surface area contributed by atoms with Crippen LogP contribution < -0.4 is 0 Å². The zero-order valence-corrected chi connectivity index (χ0v) is 7.88. The molecule has 0 amide bonds. The first-order valence-corrected chi connectivity index (χ1v) is 4.69. The monoisotopic (exact) mass is 170 g/mol. The van der Waals surface area contributed by atoms with E-state index in [0.29, 0.717) is 6.42 Å². The van der Waals surface area contributed by atoms with Crippen molar-refractivity contribution in [1.29, 1.82) is 0 Å². The molecule has 1 aliphatic rings. The summed E-state index contributed by atoms with van der Waals surface area (Å²) in [6, 6.07) is 0. The topological polar surface area (TPSA) is 40.5 Å². The van der Waals surface area contributed by atoms with Crippen LogP contribution in [0.5, 0.6) is 0 Å². The van der Waals surface area contributed by atoms with Crippen molar-refractivity contribution in [2.45, 2.75) is 51.2 Å². The van der Waals surface area contributed by atoms with Crippen molar-refractivity contribution in [2.75, 3.05) is 0 Å². The smallest absolute Gasteiger partial charge is 0.0850 e. The summed E-state index contributed by atoms with van der Waals surface area (Å²) < 4.78 is 0. The molecule has 2 N–H and O–H groups in total. The Bertz CT molecular complexity index is 182. The molecular formula is C10H18O2. The van der Waals surface area contributed by atoms with E-state index in [-0.39, 0.29) is 0 Å². The first-order chi connectivity index (χ1) is 5.58. The molecule has 0 aromatic heterocycles. The Morgan fingerprint density at radius 3 is 2.83 bits per heavy atom. The second kappa shape index (κ2) is 3.58. The molecule has 1 rings (SSSR count). The first kappa shape index (κ1) is 9.75. The third kappa shape index (κ3) is 1.87. The minimum absolute atomic E-state index is 0.423. The highest BCUT2D eigenvalue weighted by atomic mass is 16.3. The number of hydrogen-bond donors (Lipinski definition) is 2. The summed E-state index contributed by atoms with van der Waals surface area (Å²) in [7, 11) is 0. The number of rotatable bonds is 2. The Labute approximate surface area is 73.9 Å². The van der Waals surface area contributed by atoms with Gasteiger partial charge in [0.25, 0.3) is 0 Å². The molecule has 12 heavy (non-hydrogen) atoms. The highest BCUT2D eigenvalue weighted by Gasteiger charge is 2.29. The van der Waals surface area contributed by atoms with Crippen molar-refractivity contribution in [3.63, 3.8) is 0 Å². The standard InChI is InChI=1S/C10H18O2/c1-3-10(2,12)8-6-4-5-7-9(8)11/h6,9,11-12H,3-5,7H2,1-2H3. The summed E-state index contributed by atoms with van der Waals surface area (Å²) in [5, 5.41) is 19.5. The predicted octanol–water partition coefficient (Wildman–Crippen LogP) is 1.62. The molecule has 0 aliphatic heterocycles. The molecule has 0 heterocycles. The van der Waals surface area contributed by atoms with Crippen LogP contribution in [0.25, 0.3) is 0 Å². The van der Waals surface area contributed by atoms with Crippen LogP contribution in [0.4, 0.5) is 0 Å². The van der Waals surface area contributed by atoms with Crippen LogP contribution in [0.3, 0.4) is 0 Å². The Balaban J connectivity index is 2.78. The van der Waals surface area contributed by atoms with Crippen LogP contribution in [0.15, 0.2) is 11.6 Å². The molecule has 0 saturated carbocycles. The lowest BCUT2D eigenvalue weighted by Gasteiger charge is -2.31. The third-order valence-corrected chi connectivity index (χ3v) is 2.72. The Morgan fingerprint density at radius 2 is 2.33 bits per heavy atom. The summed E-state index contributed by atoms with van der Waals surface area (Å²) >= 11 is 0. The van der Waals surface area contributed by atoms with Crippen LogP contribution in [-0.4, -0.2) is 21.9 Å². The van der Waals surface area contributed by atoms with Gasteiger partial charge in [-0.2, -0.15) is 0 Å². The minimum Gasteiger partial charge on any atom is -0.389 e. The van der Waals surface area contributed by atoms with Gasteiger partial charge in [-0.1, -0.05) is 13.0 Å².